The van der Waals surface area contributed by atoms with Crippen molar-refractivity contribution in [1.29, 1.82) is 0 Å². The third-order valence-electron chi connectivity index (χ3n) is 3.84. The second-order valence-corrected chi connectivity index (χ2v) is 6.26. The Bertz CT molecular complexity index is 694. The first kappa shape index (κ1) is 17.0. The summed E-state index contributed by atoms with van der Waals surface area (Å²) in [5.41, 5.74) is 0.823. The molecule has 2 N–H and O–H groups in total. The molecule has 0 radical (unpaired) electrons. The monoisotopic (exact) mass is 313 g/mol. The lowest BCUT2D eigenvalue weighted by Crippen LogP contribution is -2.30. The van der Waals surface area contributed by atoms with Crippen LogP contribution in [0.1, 0.15) is 44.7 Å². The van der Waals surface area contributed by atoms with Crippen molar-refractivity contribution >= 4 is 22.6 Å². The maximum Gasteiger partial charge on any atom is 0.305 e. The van der Waals surface area contributed by atoms with Gasteiger partial charge < -0.3 is 10.4 Å². The van der Waals surface area contributed by atoms with Crippen LogP contribution in [0.5, 0.6) is 0 Å². The number of carbonyl (C=O) groups excluding carboxylic acids is 1. The van der Waals surface area contributed by atoms with Crippen LogP contribution in [0, 0.1) is 5.92 Å². The Morgan fingerprint density at radius 1 is 1.09 bits per heavy atom. The minimum absolute atomic E-state index is 0.0990. The van der Waals surface area contributed by atoms with Crippen LogP contribution in [-0.2, 0) is 9.59 Å². The molecule has 122 valence electrons. The van der Waals surface area contributed by atoms with Gasteiger partial charge in [-0.25, -0.2) is 0 Å². The first-order valence-corrected chi connectivity index (χ1v) is 7.95. The number of carboxylic acids is 1. The summed E-state index contributed by atoms with van der Waals surface area (Å²) in [6, 6.07) is 13.2. The van der Waals surface area contributed by atoms with E-state index < -0.39 is 12.0 Å². The van der Waals surface area contributed by atoms with Gasteiger partial charge in [-0.1, -0.05) is 50.2 Å². The summed E-state index contributed by atoms with van der Waals surface area (Å²) in [6.45, 7) is 4.12. The molecule has 2 aromatic carbocycles. The number of amides is 1. The molecule has 0 aliphatic heterocycles. The fourth-order valence-electron chi connectivity index (χ4n) is 2.54. The highest BCUT2D eigenvalue weighted by molar-refractivity contribution is 5.84. The predicted octanol–water partition coefficient (Wildman–Crippen LogP) is 3.91. The minimum Gasteiger partial charge on any atom is -0.481 e. The number of rotatable bonds is 7. The summed E-state index contributed by atoms with van der Waals surface area (Å²) in [5.74, 6) is -0.579. The molecule has 4 nitrogen and oxygen atoms in total. The Hall–Kier alpha value is -2.36. The number of carboxylic acid groups (broad SMARTS) is 1. The van der Waals surface area contributed by atoms with Crippen molar-refractivity contribution in [2.24, 2.45) is 5.92 Å². The highest BCUT2D eigenvalue weighted by Crippen LogP contribution is 2.23. The van der Waals surface area contributed by atoms with Crippen LogP contribution in [0.2, 0.25) is 0 Å². The lowest BCUT2D eigenvalue weighted by Gasteiger charge is -2.18. The summed E-state index contributed by atoms with van der Waals surface area (Å²) in [5, 5.41) is 14.1. The number of hydrogen-bond acceptors (Lipinski definition) is 2. The van der Waals surface area contributed by atoms with Crippen LogP contribution in [0.3, 0.4) is 0 Å². The van der Waals surface area contributed by atoms with Crippen LogP contribution >= 0.6 is 0 Å². The van der Waals surface area contributed by atoms with E-state index in [1.165, 1.54) is 0 Å². The molecule has 0 fully saturated rings. The van der Waals surface area contributed by atoms with E-state index >= 15 is 0 Å². The van der Waals surface area contributed by atoms with E-state index in [9.17, 15) is 9.59 Å². The van der Waals surface area contributed by atoms with E-state index in [1.54, 1.807) is 0 Å². The van der Waals surface area contributed by atoms with Gasteiger partial charge in [0, 0.05) is 6.42 Å². The van der Waals surface area contributed by atoms with E-state index in [4.69, 9.17) is 5.11 Å². The van der Waals surface area contributed by atoms with E-state index in [0.717, 1.165) is 22.8 Å². The molecule has 2 rings (SSSR count). The number of fused-ring (bicyclic) bond motifs is 1. The number of aliphatic carboxylic acids is 1. The summed E-state index contributed by atoms with van der Waals surface area (Å²) < 4.78 is 0. The molecule has 0 spiro atoms. The van der Waals surface area contributed by atoms with Crippen molar-refractivity contribution in [2.45, 2.75) is 39.2 Å². The van der Waals surface area contributed by atoms with E-state index in [-0.39, 0.29) is 12.3 Å². The second-order valence-electron chi connectivity index (χ2n) is 6.26. The SMILES string of the molecule is CC(C)CCC(=O)N[C@@H](CC(=O)O)c1ccc2ccccc2c1. The van der Waals surface area contributed by atoms with E-state index in [2.05, 4.69) is 19.2 Å². The van der Waals surface area contributed by atoms with Gasteiger partial charge in [0.25, 0.3) is 0 Å². The van der Waals surface area contributed by atoms with Gasteiger partial charge in [-0.05, 0) is 34.7 Å². The van der Waals surface area contributed by atoms with Crippen LogP contribution in [0.25, 0.3) is 10.8 Å². The van der Waals surface area contributed by atoms with Crippen molar-refractivity contribution in [3.8, 4) is 0 Å². The molecule has 23 heavy (non-hydrogen) atoms. The molecule has 1 amide bonds. The Labute approximate surface area is 136 Å². The number of hydrogen-bond donors (Lipinski definition) is 2. The maximum atomic E-state index is 12.1. The highest BCUT2D eigenvalue weighted by atomic mass is 16.4. The van der Waals surface area contributed by atoms with Gasteiger partial charge in [0.05, 0.1) is 12.5 Å². The quantitative estimate of drug-likeness (QED) is 0.814. The van der Waals surface area contributed by atoms with Crippen molar-refractivity contribution in [3.05, 3.63) is 48.0 Å². The summed E-state index contributed by atoms with van der Waals surface area (Å²) in [4.78, 5) is 23.2. The Kier molecular flexibility index (Phi) is 5.74. The normalized spacial score (nSPS) is 12.3. The maximum absolute atomic E-state index is 12.1. The third-order valence-corrected chi connectivity index (χ3v) is 3.84. The Morgan fingerprint density at radius 3 is 2.43 bits per heavy atom. The third kappa shape index (κ3) is 5.09. The number of benzene rings is 2. The molecule has 0 aliphatic carbocycles. The van der Waals surface area contributed by atoms with E-state index in [1.807, 2.05) is 42.5 Å². The van der Waals surface area contributed by atoms with Gasteiger partial charge in [0.1, 0.15) is 0 Å². The highest BCUT2D eigenvalue weighted by Gasteiger charge is 2.18. The summed E-state index contributed by atoms with van der Waals surface area (Å²) >= 11 is 0. The van der Waals surface area contributed by atoms with Crippen LogP contribution < -0.4 is 5.32 Å². The lowest BCUT2D eigenvalue weighted by atomic mass is 9.99. The zero-order chi connectivity index (χ0) is 16.8. The average Bonchev–Trinajstić information content (AvgIpc) is 2.51. The van der Waals surface area contributed by atoms with Gasteiger partial charge in [-0.15, -0.1) is 0 Å². The van der Waals surface area contributed by atoms with Crippen LogP contribution in [-0.4, -0.2) is 17.0 Å². The summed E-state index contributed by atoms with van der Waals surface area (Å²) in [6.07, 6.45) is 1.09. The Balaban J connectivity index is 2.18. The second kappa shape index (κ2) is 7.77. The number of nitrogens with one attached hydrogen (secondary N) is 1. The topological polar surface area (TPSA) is 66.4 Å². The van der Waals surface area contributed by atoms with Crippen molar-refractivity contribution < 1.29 is 14.7 Å². The molecule has 0 saturated carbocycles. The first-order chi connectivity index (χ1) is 11.0. The molecule has 0 aromatic heterocycles. The fraction of sp³-hybridized carbons (Fsp3) is 0.368. The zero-order valence-electron chi connectivity index (χ0n) is 13.6. The van der Waals surface area contributed by atoms with Gasteiger partial charge in [0.2, 0.25) is 5.91 Å². The van der Waals surface area contributed by atoms with Gasteiger partial charge >= 0.3 is 5.97 Å². The smallest absolute Gasteiger partial charge is 0.305 e. The Morgan fingerprint density at radius 2 is 1.78 bits per heavy atom. The first-order valence-electron chi connectivity index (χ1n) is 7.95. The molecule has 0 aliphatic rings. The van der Waals surface area contributed by atoms with Crippen molar-refractivity contribution in [3.63, 3.8) is 0 Å². The molecule has 4 heteroatoms. The van der Waals surface area contributed by atoms with Crippen LogP contribution in [0.4, 0.5) is 0 Å². The van der Waals surface area contributed by atoms with Crippen molar-refractivity contribution in [1.82, 2.24) is 5.32 Å². The van der Waals surface area contributed by atoms with Crippen LogP contribution in [0.15, 0.2) is 42.5 Å². The average molecular weight is 313 g/mol. The van der Waals surface area contributed by atoms with Gasteiger partial charge in [-0.3, -0.25) is 9.59 Å². The lowest BCUT2D eigenvalue weighted by molar-refractivity contribution is -0.137. The molecular formula is C19H23NO3. The molecule has 2 aromatic rings. The predicted molar refractivity (Wildman–Crippen MR) is 91.2 cm³/mol. The minimum atomic E-state index is -0.924. The summed E-state index contributed by atoms with van der Waals surface area (Å²) in [7, 11) is 0. The molecule has 0 unspecified atom stereocenters. The molecule has 0 heterocycles. The standard InChI is InChI=1S/C19H23NO3/c1-13(2)7-10-18(21)20-17(12-19(22)23)16-9-8-14-5-3-4-6-15(14)11-16/h3-6,8-9,11,13,17H,7,10,12H2,1-2H3,(H,20,21)(H,22,23)/t17-/m0/s1. The fourth-order valence-corrected chi connectivity index (χ4v) is 2.54. The molecule has 0 saturated heterocycles. The molecule has 0 bridgehead atoms. The largest absolute Gasteiger partial charge is 0.481 e. The van der Waals surface area contributed by atoms with E-state index in [0.29, 0.717) is 12.3 Å². The number of carbonyl (C=O) groups is 2. The van der Waals surface area contributed by atoms with Crippen molar-refractivity contribution in [2.75, 3.05) is 0 Å². The molecular weight excluding hydrogens is 290 g/mol. The van der Waals surface area contributed by atoms with Gasteiger partial charge in [-0.2, -0.15) is 0 Å². The molecule has 1 atom stereocenters. The van der Waals surface area contributed by atoms with Gasteiger partial charge in [0.15, 0.2) is 0 Å². The zero-order valence-corrected chi connectivity index (χ0v) is 13.6.